The standard InChI is InChI=1S/C16H14ClFN6O3/c1-9-14(24(26)27)15(22(2)21-9)16(25)20-12-6-19-23(8-12)7-10-3-4-11(18)5-13(10)17/h3-6,8H,7H2,1-2H3,(H,20,25). The molecule has 0 radical (unpaired) electrons. The lowest BCUT2D eigenvalue weighted by molar-refractivity contribution is -0.385. The summed E-state index contributed by atoms with van der Waals surface area (Å²) in [4.78, 5) is 23.0. The van der Waals surface area contributed by atoms with Crippen molar-refractivity contribution in [3.05, 3.63) is 68.5 Å². The number of benzene rings is 1. The highest BCUT2D eigenvalue weighted by atomic mass is 35.5. The number of amides is 1. The van der Waals surface area contributed by atoms with Gasteiger partial charge in [-0.25, -0.2) is 4.39 Å². The lowest BCUT2D eigenvalue weighted by atomic mass is 10.2. The topological polar surface area (TPSA) is 108 Å². The predicted octanol–water partition coefficient (Wildman–Crippen LogP) is 2.93. The van der Waals surface area contributed by atoms with Crippen LogP contribution in [-0.4, -0.2) is 30.4 Å². The summed E-state index contributed by atoms with van der Waals surface area (Å²) in [6.45, 7) is 1.72. The Morgan fingerprint density at radius 2 is 2.19 bits per heavy atom. The third-order valence-electron chi connectivity index (χ3n) is 3.83. The van der Waals surface area contributed by atoms with E-state index in [9.17, 15) is 19.3 Å². The smallest absolute Gasteiger partial charge is 0.318 e. The molecule has 140 valence electrons. The zero-order valence-corrected chi connectivity index (χ0v) is 15.1. The van der Waals surface area contributed by atoms with E-state index in [4.69, 9.17) is 11.6 Å². The van der Waals surface area contributed by atoms with Crippen LogP contribution in [0.15, 0.2) is 30.6 Å². The molecule has 27 heavy (non-hydrogen) atoms. The average molecular weight is 393 g/mol. The summed E-state index contributed by atoms with van der Waals surface area (Å²) in [6, 6.07) is 4.03. The lowest BCUT2D eigenvalue weighted by Crippen LogP contribution is -2.17. The maximum Gasteiger partial charge on any atom is 0.322 e. The first-order valence-electron chi connectivity index (χ1n) is 7.72. The van der Waals surface area contributed by atoms with Crippen LogP contribution in [0.5, 0.6) is 0 Å². The van der Waals surface area contributed by atoms with Crippen molar-refractivity contribution in [2.24, 2.45) is 7.05 Å². The van der Waals surface area contributed by atoms with Crippen molar-refractivity contribution in [1.29, 1.82) is 0 Å². The van der Waals surface area contributed by atoms with Gasteiger partial charge in [-0.05, 0) is 24.6 Å². The predicted molar refractivity (Wildman–Crippen MR) is 95.3 cm³/mol. The second-order valence-electron chi connectivity index (χ2n) is 5.78. The Kier molecular flexibility index (Phi) is 4.91. The monoisotopic (exact) mass is 392 g/mol. The van der Waals surface area contributed by atoms with Gasteiger partial charge in [0, 0.05) is 18.3 Å². The molecule has 1 N–H and O–H groups in total. The number of carbonyl (C=O) groups is 1. The first-order chi connectivity index (χ1) is 12.8. The molecule has 0 atom stereocenters. The fourth-order valence-corrected chi connectivity index (χ4v) is 2.88. The number of hydrogen-bond acceptors (Lipinski definition) is 5. The van der Waals surface area contributed by atoms with Gasteiger partial charge < -0.3 is 5.32 Å². The van der Waals surface area contributed by atoms with Gasteiger partial charge >= 0.3 is 5.69 Å². The van der Waals surface area contributed by atoms with Gasteiger partial charge in [-0.15, -0.1) is 0 Å². The van der Waals surface area contributed by atoms with Gasteiger partial charge in [0.1, 0.15) is 11.5 Å². The summed E-state index contributed by atoms with van der Waals surface area (Å²) in [6.07, 6.45) is 2.93. The third kappa shape index (κ3) is 3.80. The van der Waals surface area contributed by atoms with E-state index in [1.165, 1.54) is 43.2 Å². The minimum atomic E-state index is -0.677. The second-order valence-corrected chi connectivity index (χ2v) is 6.19. The molecule has 2 heterocycles. The average Bonchev–Trinajstić information content (AvgIpc) is 3.13. The molecule has 3 rings (SSSR count). The number of halogens is 2. The molecule has 2 aromatic heterocycles. The molecule has 1 aromatic carbocycles. The summed E-state index contributed by atoms with van der Waals surface area (Å²) in [7, 11) is 1.45. The van der Waals surface area contributed by atoms with Gasteiger partial charge in [-0.3, -0.25) is 24.3 Å². The fourth-order valence-electron chi connectivity index (χ4n) is 2.65. The van der Waals surface area contributed by atoms with Gasteiger partial charge in [0.15, 0.2) is 0 Å². The van der Waals surface area contributed by atoms with Gasteiger partial charge in [-0.1, -0.05) is 17.7 Å². The third-order valence-corrected chi connectivity index (χ3v) is 4.18. The van der Waals surface area contributed by atoms with Crippen LogP contribution in [0.25, 0.3) is 0 Å². The molecule has 0 aliphatic carbocycles. The molecule has 0 spiro atoms. The molecular formula is C16H14ClFN6O3. The molecule has 0 saturated carbocycles. The minimum Gasteiger partial charge on any atom is -0.318 e. The number of aryl methyl sites for hydroxylation is 2. The van der Waals surface area contributed by atoms with Crippen molar-refractivity contribution in [2.45, 2.75) is 13.5 Å². The normalized spacial score (nSPS) is 10.8. The summed E-state index contributed by atoms with van der Waals surface area (Å²) in [5.41, 5.74) is 0.630. The molecule has 0 unspecified atom stereocenters. The second kappa shape index (κ2) is 7.16. The molecule has 1 amide bonds. The van der Waals surface area contributed by atoms with Crippen LogP contribution in [0.4, 0.5) is 15.8 Å². The zero-order chi connectivity index (χ0) is 19.7. The van der Waals surface area contributed by atoms with Gasteiger partial charge in [0.05, 0.1) is 23.4 Å². The lowest BCUT2D eigenvalue weighted by Gasteiger charge is -2.05. The molecular weight excluding hydrogens is 379 g/mol. The number of nitro groups is 1. The van der Waals surface area contributed by atoms with E-state index in [1.807, 2.05) is 0 Å². The maximum absolute atomic E-state index is 13.1. The molecule has 0 fully saturated rings. The van der Waals surface area contributed by atoms with Crippen LogP contribution in [0.3, 0.4) is 0 Å². The van der Waals surface area contributed by atoms with Crippen molar-refractivity contribution in [3.63, 3.8) is 0 Å². The number of carbonyl (C=O) groups excluding carboxylic acids is 1. The molecule has 0 aliphatic heterocycles. The molecule has 0 aliphatic rings. The number of nitrogens with one attached hydrogen (secondary N) is 1. The van der Waals surface area contributed by atoms with E-state index < -0.39 is 16.6 Å². The minimum absolute atomic E-state index is 0.147. The number of rotatable bonds is 5. The fraction of sp³-hybridized carbons (Fsp3) is 0.188. The Bertz CT molecular complexity index is 1040. The van der Waals surface area contributed by atoms with E-state index in [0.717, 1.165) is 4.68 Å². The van der Waals surface area contributed by atoms with Gasteiger partial charge in [-0.2, -0.15) is 10.2 Å². The van der Waals surface area contributed by atoms with Crippen LogP contribution in [0, 0.1) is 22.9 Å². The highest BCUT2D eigenvalue weighted by molar-refractivity contribution is 6.31. The van der Waals surface area contributed by atoms with Gasteiger partial charge in [0.2, 0.25) is 5.69 Å². The van der Waals surface area contributed by atoms with Crippen molar-refractivity contribution in [2.75, 3.05) is 5.32 Å². The van der Waals surface area contributed by atoms with Crippen molar-refractivity contribution in [3.8, 4) is 0 Å². The van der Waals surface area contributed by atoms with E-state index >= 15 is 0 Å². The first kappa shape index (κ1) is 18.5. The molecule has 11 heteroatoms. The van der Waals surface area contributed by atoms with Crippen molar-refractivity contribution < 1.29 is 14.1 Å². The van der Waals surface area contributed by atoms with E-state index in [0.29, 0.717) is 11.3 Å². The molecule has 0 bridgehead atoms. The Labute approximate surface area is 157 Å². The van der Waals surface area contributed by atoms with Crippen molar-refractivity contribution in [1.82, 2.24) is 19.6 Å². The Hall–Kier alpha value is -3.27. The highest BCUT2D eigenvalue weighted by Gasteiger charge is 2.29. The summed E-state index contributed by atoms with van der Waals surface area (Å²) >= 11 is 5.99. The number of hydrogen-bond donors (Lipinski definition) is 1. The number of anilines is 1. The summed E-state index contributed by atoms with van der Waals surface area (Å²) in [5.74, 6) is -1.12. The van der Waals surface area contributed by atoms with Crippen LogP contribution in [0.1, 0.15) is 21.7 Å². The molecule has 3 aromatic rings. The zero-order valence-electron chi connectivity index (χ0n) is 14.3. The summed E-state index contributed by atoms with van der Waals surface area (Å²) < 4.78 is 15.8. The van der Waals surface area contributed by atoms with Crippen LogP contribution in [0.2, 0.25) is 5.02 Å². The van der Waals surface area contributed by atoms with E-state index in [-0.39, 0.29) is 28.6 Å². The van der Waals surface area contributed by atoms with Gasteiger partial charge in [0.25, 0.3) is 5.91 Å². The van der Waals surface area contributed by atoms with Crippen LogP contribution < -0.4 is 5.32 Å². The van der Waals surface area contributed by atoms with E-state index in [2.05, 4.69) is 15.5 Å². The molecule has 9 nitrogen and oxygen atoms in total. The number of nitrogens with zero attached hydrogens (tertiary/aromatic N) is 5. The Morgan fingerprint density at radius 3 is 2.85 bits per heavy atom. The highest BCUT2D eigenvalue weighted by Crippen LogP contribution is 2.23. The van der Waals surface area contributed by atoms with E-state index in [1.54, 1.807) is 6.07 Å². The van der Waals surface area contributed by atoms with Crippen LogP contribution >= 0.6 is 11.6 Å². The largest absolute Gasteiger partial charge is 0.322 e. The Balaban J connectivity index is 1.78. The molecule has 0 saturated heterocycles. The SMILES string of the molecule is Cc1nn(C)c(C(=O)Nc2cnn(Cc3ccc(F)cc3Cl)c2)c1[N+](=O)[O-]. The number of aromatic nitrogens is 4. The first-order valence-corrected chi connectivity index (χ1v) is 8.09. The van der Waals surface area contributed by atoms with Crippen molar-refractivity contribution >= 4 is 28.9 Å². The quantitative estimate of drug-likeness (QED) is 0.530. The Morgan fingerprint density at radius 1 is 1.44 bits per heavy atom. The summed E-state index contributed by atoms with van der Waals surface area (Å²) in [5, 5.41) is 22.0. The van der Waals surface area contributed by atoms with Crippen LogP contribution in [-0.2, 0) is 13.6 Å². The maximum atomic E-state index is 13.1.